The van der Waals surface area contributed by atoms with E-state index in [1.165, 1.54) is 141 Å². The van der Waals surface area contributed by atoms with Crippen molar-refractivity contribution in [3.05, 3.63) is 24.3 Å². The lowest BCUT2D eigenvalue weighted by molar-refractivity contribution is 0.196. The molecule has 2 N–H and O–H groups in total. The first-order chi connectivity index (χ1) is 18.8. The fourth-order valence-corrected chi connectivity index (χ4v) is 6.60. The van der Waals surface area contributed by atoms with Gasteiger partial charge in [0.05, 0.1) is 0 Å². The van der Waals surface area contributed by atoms with Gasteiger partial charge < -0.3 is 10.2 Å². The van der Waals surface area contributed by atoms with E-state index in [2.05, 4.69) is 38.2 Å². The first kappa shape index (κ1) is 35.4. The average Bonchev–Trinajstić information content (AvgIpc) is 2.93. The Morgan fingerprint density at radius 1 is 0.500 bits per heavy atom. The van der Waals surface area contributed by atoms with Crippen molar-refractivity contribution in [2.45, 2.75) is 168 Å². The number of unbranched alkanes of at least 4 members (excludes halogenated alkanes) is 17. The van der Waals surface area contributed by atoms with Gasteiger partial charge in [-0.25, -0.2) is 0 Å². The normalized spacial score (nSPS) is 21.6. The maximum absolute atomic E-state index is 9.03. The van der Waals surface area contributed by atoms with Gasteiger partial charge in [0.25, 0.3) is 0 Å². The van der Waals surface area contributed by atoms with Crippen LogP contribution in [0.15, 0.2) is 24.3 Å². The Balaban J connectivity index is 2.74. The van der Waals surface area contributed by atoms with Gasteiger partial charge in [-0.3, -0.25) is 0 Å². The fraction of sp³-hybridized carbons (Fsp3) is 0.889. The SMILES string of the molecule is CCCCCCC1C=CC(CCCCCCCCO)C(C=CCCCCCCCCO)C1CCCCCC. The van der Waals surface area contributed by atoms with Crippen LogP contribution in [0.5, 0.6) is 0 Å². The lowest BCUT2D eigenvalue weighted by Gasteiger charge is -2.39. The summed E-state index contributed by atoms with van der Waals surface area (Å²) in [6.07, 6.45) is 41.9. The molecule has 0 fully saturated rings. The van der Waals surface area contributed by atoms with Gasteiger partial charge in [-0.1, -0.05) is 147 Å². The number of aliphatic hydroxyl groups excluding tert-OH is 2. The second-order valence-electron chi connectivity index (χ2n) is 12.3. The Hall–Kier alpha value is -0.600. The molecule has 4 atom stereocenters. The highest BCUT2D eigenvalue weighted by atomic mass is 16.3. The van der Waals surface area contributed by atoms with Crippen LogP contribution in [0, 0.1) is 23.7 Å². The molecule has 0 saturated carbocycles. The molecule has 4 unspecified atom stereocenters. The summed E-state index contributed by atoms with van der Waals surface area (Å²) < 4.78 is 0. The molecule has 0 spiro atoms. The summed E-state index contributed by atoms with van der Waals surface area (Å²) >= 11 is 0. The molecule has 1 aliphatic rings. The predicted molar refractivity (Wildman–Crippen MR) is 169 cm³/mol. The van der Waals surface area contributed by atoms with Gasteiger partial charge in [0.15, 0.2) is 0 Å². The van der Waals surface area contributed by atoms with E-state index in [9.17, 15) is 0 Å². The first-order valence-corrected chi connectivity index (χ1v) is 17.3. The number of allylic oxidation sites excluding steroid dienone is 4. The molecule has 0 amide bonds. The smallest absolute Gasteiger partial charge is 0.0431 e. The molecule has 2 heteroatoms. The molecule has 224 valence electrons. The summed E-state index contributed by atoms with van der Waals surface area (Å²) in [5.41, 5.74) is 0. The van der Waals surface area contributed by atoms with Crippen LogP contribution in [0.2, 0.25) is 0 Å². The fourth-order valence-electron chi connectivity index (χ4n) is 6.60. The second kappa shape index (κ2) is 26.6. The molecule has 1 aliphatic carbocycles. The molecule has 0 aromatic rings. The molecule has 0 bridgehead atoms. The zero-order valence-electron chi connectivity index (χ0n) is 25.9. The van der Waals surface area contributed by atoms with E-state index in [-0.39, 0.29) is 0 Å². The summed E-state index contributed by atoms with van der Waals surface area (Å²) in [6.45, 7) is 5.36. The zero-order valence-corrected chi connectivity index (χ0v) is 25.9. The van der Waals surface area contributed by atoms with Crippen LogP contribution < -0.4 is 0 Å². The first-order valence-electron chi connectivity index (χ1n) is 17.3. The van der Waals surface area contributed by atoms with Gasteiger partial charge in [-0.15, -0.1) is 0 Å². The predicted octanol–water partition coefficient (Wildman–Crippen LogP) is 11.0. The largest absolute Gasteiger partial charge is 0.396 e. The van der Waals surface area contributed by atoms with E-state index in [0.29, 0.717) is 13.2 Å². The summed E-state index contributed by atoms with van der Waals surface area (Å²) in [5, 5.41) is 18.0. The Labute approximate surface area is 239 Å². The van der Waals surface area contributed by atoms with Gasteiger partial charge in [0, 0.05) is 13.2 Å². The molecule has 1 rings (SSSR count). The van der Waals surface area contributed by atoms with Gasteiger partial charge in [0.1, 0.15) is 0 Å². The van der Waals surface area contributed by atoms with Crippen molar-refractivity contribution in [2.24, 2.45) is 23.7 Å². The van der Waals surface area contributed by atoms with Crippen LogP contribution in [0.3, 0.4) is 0 Å². The van der Waals surface area contributed by atoms with Gasteiger partial charge >= 0.3 is 0 Å². The van der Waals surface area contributed by atoms with Crippen LogP contribution >= 0.6 is 0 Å². The summed E-state index contributed by atoms with van der Waals surface area (Å²) in [5.74, 6) is 3.08. The molecule has 0 aromatic heterocycles. The lowest BCUT2D eigenvalue weighted by atomic mass is 9.66. The van der Waals surface area contributed by atoms with E-state index in [4.69, 9.17) is 10.2 Å². The van der Waals surface area contributed by atoms with Crippen molar-refractivity contribution in [1.29, 1.82) is 0 Å². The molecule has 0 radical (unpaired) electrons. The van der Waals surface area contributed by atoms with E-state index >= 15 is 0 Å². The second-order valence-corrected chi connectivity index (χ2v) is 12.3. The Morgan fingerprint density at radius 3 is 1.53 bits per heavy atom. The van der Waals surface area contributed by atoms with Crippen LogP contribution in [-0.2, 0) is 0 Å². The summed E-state index contributed by atoms with van der Waals surface area (Å²) in [6, 6.07) is 0. The molecule has 0 aliphatic heterocycles. The number of rotatable bonds is 27. The van der Waals surface area contributed by atoms with E-state index in [1.807, 2.05) is 0 Å². The zero-order chi connectivity index (χ0) is 27.5. The van der Waals surface area contributed by atoms with Crippen LogP contribution in [0.1, 0.15) is 168 Å². The summed E-state index contributed by atoms with van der Waals surface area (Å²) in [7, 11) is 0. The van der Waals surface area contributed by atoms with E-state index in [1.54, 1.807) is 0 Å². The van der Waals surface area contributed by atoms with Crippen molar-refractivity contribution >= 4 is 0 Å². The number of hydrogen-bond acceptors (Lipinski definition) is 2. The van der Waals surface area contributed by atoms with Gasteiger partial charge in [-0.05, 0) is 68.6 Å². The minimum atomic E-state index is 0.350. The Bertz CT molecular complexity index is 539. The highest BCUT2D eigenvalue weighted by Gasteiger charge is 2.33. The minimum Gasteiger partial charge on any atom is -0.396 e. The quantitative estimate of drug-likeness (QED) is 0.0815. The highest BCUT2D eigenvalue weighted by molar-refractivity contribution is 5.10. The molecule has 0 heterocycles. The van der Waals surface area contributed by atoms with E-state index < -0.39 is 0 Å². The Kier molecular flexibility index (Phi) is 24.8. The van der Waals surface area contributed by atoms with Gasteiger partial charge in [-0.2, -0.15) is 0 Å². The molecule has 2 nitrogen and oxygen atoms in total. The summed E-state index contributed by atoms with van der Waals surface area (Å²) in [4.78, 5) is 0. The van der Waals surface area contributed by atoms with Crippen molar-refractivity contribution < 1.29 is 10.2 Å². The molecule has 0 aromatic carbocycles. The average molecular weight is 533 g/mol. The van der Waals surface area contributed by atoms with Crippen LogP contribution in [-0.4, -0.2) is 23.4 Å². The van der Waals surface area contributed by atoms with Crippen molar-refractivity contribution in [3.63, 3.8) is 0 Å². The topological polar surface area (TPSA) is 40.5 Å². The van der Waals surface area contributed by atoms with Gasteiger partial charge in [0.2, 0.25) is 0 Å². The maximum Gasteiger partial charge on any atom is 0.0431 e. The number of hydrogen-bond donors (Lipinski definition) is 2. The van der Waals surface area contributed by atoms with Crippen molar-refractivity contribution in [3.8, 4) is 0 Å². The third-order valence-corrected chi connectivity index (χ3v) is 9.01. The standard InChI is InChI=1S/C36H68O2/c1-3-5-7-19-25-33-29-30-34(26-20-15-12-14-18-24-32-38)36(35(33)27-21-8-6-4-2)28-22-16-11-9-10-13-17-23-31-37/h22,28-30,33-38H,3-21,23-27,31-32H2,1-2H3. The molecule has 0 saturated heterocycles. The third kappa shape index (κ3) is 17.9. The van der Waals surface area contributed by atoms with Crippen LogP contribution in [0.4, 0.5) is 0 Å². The third-order valence-electron chi connectivity index (χ3n) is 9.01. The molecular formula is C36H68O2. The lowest BCUT2D eigenvalue weighted by Crippen LogP contribution is -2.30. The van der Waals surface area contributed by atoms with Crippen molar-refractivity contribution in [2.75, 3.05) is 13.2 Å². The van der Waals surface area contributed by atoms with E-state index in [0.717, 1.165) is 36.5 Å². The number of aliphatic hydroxyl groups is 2. The van der Waals surface area contributed by atoms with Crippen LogP contribution in [0.25, 0.3) is 0 Å². The molecular weight excluding hydrogens is 464 g/mol. The monoisotopic (exact) mass is 533 g/mol. The molecule has 38 heavy (non-hydrogen) atoms. The Morgan fingerprint density at radius 2 is 0.947 bits per heavy atom. The highest BCUT2D eigenvalue weighted by Crippen LogP contribution is 2.43. The van der Waals surface area contributed by atoms with Crippen molar-refractivity contribution in [1.82, 2.24) is 0 Å². The minimum absolute atomic E-state index is 0.350. The maximum atomic E-state index is 9.03.